The van der Waals surface area contributed by atoms with Gasteiger partial charge in [0.15, 0.2) is 0 Å². The zero-order valence-corrected chi connectivity index (χ0v) is 10.0. The number of nitrogens with two attached hydrogens (primary N) is 1. The highest BCUT2D eigenvalue weighted by Gasteiger charge is 2.02. The van der Waals surface area contributed by atoms with Crippen molar-refractivity contribution >= 4 is 11.6 Å². The second kappa shape index (κ2) is 7.65. The normalized spacial score (nSPS) is 10.0. The van der Waals surface area contributed by atoms with Crippen LogP contribution in [-0.4, -0.2) is 32.7 Å². The first kappa shape index (κ1) is 13.5. The van der Waals surface area contributed by atoms with Crippen LogP contribution in [0.15, 0.2) is 24.3 Å². The molecule has 0 unspecified atom stereocenters. The fraction of sp³-hybridized carbons (Fsp3) is 0.417. The summed E-state index contributed by atoms with van der Waals surface area (Å²) in [4.78, 5) is 11.5. The van der Waals surface area contributed by atoms with Crippen LogP contribution < -0.4 is 21.1 Å². The summed E-state index contributed by atoms with van der Waals surface area (Å²) >= 11 is 0. The number of carbonyl (C=O) groups is 1. The zero-order chi connectivity index (χ0) is 12.5. The molecular formula is C12H19N3O2. The molecule has 1 amide bonds. The predicted molar refractivity (Wildman–Crippen MR) is 68.2 cm³/mol. The molecule has 0 aliphatic carbocycles. The van der Waals surface area contributed by atoms with Gasteiger partial charge in [0.25, 0.3) is 0 Å². The van der Waals surface area contributed by atoms with Crippen molar-refractivity contribution in [2.45, 2.75) is 6.42 Å². The van der Waals surface area contributed by atoms with Gasteiger partial charge in [0.05, 0.1) is 13.7 Å². The fourth-order valence-corrected chi connectivity index (χ4v) is 1.33. The van der Waals surface area contributed by atoms with E-state index >= 15 is 0 Å². The van der Waals surface area contributed by atoms with Crippen molar-refractivity contribution in [3.05, 3.63) is 24.3 Å². The third kappa shape index (κ3) is 5.33. The van der Waals surface area contributed by atoms with Gasteiger partial charge in [-0.2, -0.15) is 0 Å². The van der Waals surface area contributed by atoms with E-state index in [2.05, 4.69) is 10.6 Å². The summed E-state index contributed by atoms with van der Waals surface area (Å²) in [7, 11) is 1.59. The van der Waals surface area contributed by atoms with E-state index in [9.17, 15) is 4.79 Å². The van der Waals surface area contributed by atoms with Crippen molar-refractivity contribution in [1.29, 1.82) is 0 Å². The summed E-state index contributed by atoms with van der Waals surface area (Å²) in [5, 5.41) is 5.79. The molecule has 0 aromatic heterocycles. The Bertz CT molecular complexity index is 355. The van der Waals surface area contributed by atoms with Crippen LogP contribution in [-0.2, 0) is 4.79 Å². The number of hydrogen-bond acceptors (Lipinski definition) is 4. The smallest absolute Gasteiger partial charge is 0.238 e. The monoisotopic (exact) mass is 237 g/mol. The molecule has 5 heteroatoms. The van der Waals surface area contributed by atoms with Gasteiger partial charge in [-0.1, -0.05) is 6.07 Å². The largest absolute Gasteiger partial charge is 0.497 e. The molecule has 0 aliphatic heterocycles. The Balaban J connectivity index is 2.34. The molecule has 0 fully saturated rings. The second-order valence-electron chi connectivity index (χ2n) is 3.60. The summed E-state index contributed by atoms with van der Waals surface area (Å²) in [5.41, 5.74) is 6.08. The lowest BCUT2D eigenvalue weighted by molar-refractivity contribution is -0.115. The van der Waals surface area contributed by atoms with Crippen LogP contribution in [0, 0.1) is 0 Å². The molecule has 1 aromatic carbocycles. The quantitative estimate of drug-likeness (QED) is 0.606. The molecule has 1 aromatic rings. The van der Waals surface area contributed by atoms with E-state index in [4.69, 9.17) is 10.5 Å². The van der Waals surface area contributed by atoms with E-state index < -0.39 is 0 Å². The van der Waals surface area contributed by atoms with Gasteiger partial charge < -0.3 is 21.1 Å². The van der Waals surface area contributed by atoms with E-state index in [0.717, 1.165) is 24.4 Å². The van der Waals surface area contributed by atoms with E-state index in [1.54, 1.807) is 13.2 Å². The molecule has 0 saturated heterocycles. The second-order valence-corrected chi connectivity index (χ2v) is 3.60. The fourth-order valence-electron chi connectivity index (χ4n) is 1.33. The molecule has 1 rings (SSSR count). The Morgan fingerprint density at radius 3 is 3.00 bits per heavy atom. The van der Waals surface area contributed by atoms with Crippen LogP contribution in [0.5, 0.6) is 5.75 Å². The van der Waals surface area contributed by atoms with Gasteiger partial charge in [-0.25, -0.2) is 0 Å². The Kier molecular flexibility index (Phi) is 6.06. The molecule has 0 aliphatic rings. The number of hydrogen-bond donors (Lipinski definition) is 3. The lowest BCUT2D eigenvalue weighted by atomic mass is 10.3. The Morgan fingerprint density at radius 1 is 1.47 bits per heavy atom. The highest BCUT2D eigenvalue weighted by Crippen LogP contribution is 2.16. The van der Waals surface area contributed by atoms with Crippen molar-refractivity contribution in [3.8, 4) is 5.75 Å². The standard InChI is InChI=1S/C12H19N3O2/c1-17-11-5-2-4-10(8-11)15-12(16)9-14-7-3-6-13/h2,4-5,8,14H,3,6-7,9,13H2,1H3,(H,15,16). The molecule has 4 N–H and O–H groups in total. The van der Waals surface area contributed by atoms with Gasteiger partial charge in [0.2, 0.25) is 5.91 Å². The number of rotatable bonds is 7. The summed E-state index contributed by atoms with van der Waals surface area (Å²) in [6.45, 7) is 1.67. The van der Waals surface area contributed by atoms with E-state index in [1.807, 2.05) is 18.2 Å². The number of benzene rings is 1. The highest BCUT2D eigenvalue weighted by molar-refractivity contribution is 5.92. The van der Waals surface area contributed by atoms with Crippen molar-refractivity contribution < 1.29 is 9.53 Å². The number of carbonyl (C=O) groups excluding carboxylic acids is 1. The van der Waals surface area contributed by atoms with Crippen molar-refractivity contribution in [3.63, 3.8) is 0 Å². The number of nitrogens with one attached hydrogen (secondary N) is 2. The van der Waals surface area contributed by atoms with Crippen molar-refractivity contribution in [2.75, 3.05) is 32.1 Å². The molecule has 94 valence electrons. The van der Waals surface area contributed by atoms with Crippen molar-refractivity contribution in [1.82, 2.24) is 5.32 Å². The Labute approximate surface area is 101 Å². The first-order valence-electron chi connectivity index (χ1n) is 5.61. The molecule has 0 bridgehead atoms. The third-order valence-electron chi connectivity index (χ3n) is 2.20. The average molecular weight is 237 g/mol. The molecular weight excluding hydrogens is 218 g/mol. The molecule has 0 radical (unpaired) electrons. The average Bonchev–Trinajstić information content (AvgIpc) is 2.35. The molecule has 0 heterocycles. The van der Waals surface area contributed by atoms with E-state index in [-0.39, 0.29) is 12.5 Å². The number of ether oxygens (including phenoxy) is 1. The number of amides is 1. The van der Waals surface area contributed by atoms with Gasteiger partial charge in [0, 0.05) is 11.8 Å². The summed E-state index contributed by atoms with van der Waals surface area (Å²) < 4.78 is 5.07. The van der Waals surface area contributed by atoms with Gasteiger partial charge in [-0.3, -0.25) is 4.79 Å². The lowest BCUT2D eigenvalue weighted by Crippen LogP contribution is -2.29. The lowest BCUT2D eigenvalue weighted by Gasteiger charge is -2.07. The Morgan fingerprint density at radius 2 is 2.29 bits per heavy atom. The van der Waals surface area contributed by atoms with Crippen LogP contribution in [0.1, 0.15) is 6.42 Å². The van der Waals surface area contributed by atoms with Gasteiger partial charge in [0.1, 0.15) is 5.75 Å². The molecule has 0 spiro atoms. The zero-order valence-electron chi connectivity index (χ0n) is 10.0. The SMILES string of the molecule is COc1cccc(NC(=O)CNCCCN)c1. The molecule has 0 atom stereocenters. The van der Waals surface area contributed by atoms with E-state index in [1.165, 1.54) is 0 Å². The van der Waals surface area contributed by atoms with Crippen LogP contribution in [0.25, 0.3) is 0 Å². The van der Waals surface area contributed by atoms with Crippen LogP contribution in [0.4, 0.5) is 5.69 Å². The minimum absolute atomic E-state index is 0.0738. The Hall–Kier alpha value is -1.59. The first-order chi connectivity index (χ1) is 8.26. The third-order valence-corrected chi connectivity index (χ3v) is 2.20. The van der Waals surface area contributed by atoms with Gasteiger partial charge in [-0.15, -0.1) is 0 Å². The minimum Gasteiger partial charge on any atom is -0.497 e. The predicted octanol–water partition coefficient (Wildman–Crippen LogP) is 0.572. The molecule has 0 saturated carbocycles. The summed E-state index contributed by atoms with van der Waals surface area (Å²) in [5.74, 6) is 0.647. The van der Waals surface area contributed by atoms with Crippen molar-refractivity contribution in [2.24, 2.45) is 5.73 Å². The van der Waals surface area contributed by atoms with Gasteiger partial charge >= 0.3 is 0 Å². The topological polar surface area (TPSA) is 76.4 Å². The summed E-state index contributed by atoms with van der Waals surface area (Å²) in [6, 6.07) is 7.25. The van der Waals surface area contributed by atoms with Gasteiger partial charge in [-0.05, 0) is 31.6 Å². The maximum atomic E-state index is 11.5. The van der Waals surface area contributed by atoms with Crippen LogP contribution >= 0.6 is 0 Å². The summed E-state index contributed by atoms with van der Waals surface area (Å²) in [6.07, 6.45) is 0.867. The van der Waals surface area contributed by atoms with E-state index in [0.29, 0.717) is 6.54 Å². The van der Waals surface area contributed by atoms with Crippen LogP contribution in [0.3, 0.4) is 0 Å². The molecule has 17 heavy (non-hydrogen) atoms. The minimum atomic E-state index is -0.0738. The highest BCUT2D eigenvalue weighted by atomic mass is 16.5. The maximum Gasteiger partial charge on any atom is 0.238 e. The number of anilines is 1. The first-order valence-corrected chi connectivity index (χ1v) is 5.61. The number of methoxy groups -OCH3 is 1. The van der Waals surface area contributed by atoms with Crippen LogP contribution in [0.2, 0.25) is 0 Å². The molecule has 5 nitrogen and oxygen atoms in total. The maximum absolute atomic E-state index is 11.5.